The van der Waals surface area contributed by atoms with Crippen LogP contribution < -0.4 is 15.0 Å². The maximum absolute atomic E-state index is 12.0. The minimum atomic E-state index is -0.561. The Morgan fingerprint density at radius 2 is 2.04 bits per heavy atom. The molecule has 122 valence electrons. The summed E-state index contributed by atoms with van der Waals surface area (Å²) in [5.41, 5.74) is 2.52. The third-order valence-electron chi connectivity index (χ3n) is 4.06. The molecule has 0 saturated carbocycles. The van der Waals surface area contributed by atoms with Crippen LogP contribution in [0.25, 0.3) is 11.1 Å². The van der Waals surface area contributed by atoms with Gasteiger partial charge >= 0.3 is 0 Å². The number of nitrogens with one attached hydrogen (secondary N) is 1. The van der Waals surface area contributed by atoms with Crippen LogP contribution in [-0.4, -0.2) is 30.6 Å². The molecule has 0 fully saturated rings. The monoisotopic (exact) mass is 323 g/mol. The molecule has 0 aliphatic carbocycles. The first-order valence-corrected chi connectivity index (χ1v) is 7.81. The number of fused-ring (bicyclic) bond motifs is 2. The number of para-hydroxylation sites is 4. The Bertz CT molecular complexity index is 857. The van der Waals surface area contributed by atoms with Gasteiger partial charge in [-0.05, 0) is 24.3 Å². The molecule has 24 heavy (non-hydrogen) atoms. The Hall–Kier alpha value is -3.02. The molecule has 1 aliphatic rings. The van der Waals surface area contributed by atoms with Crippen LogP contribution in [0.15, 0.2) is 52.9 Å². The van der Waals surface area contributed by atoms with Crippen molar-refractivity contribution < 1.29 is 13.9 Å². The first-order chi connectivity index (χ1) is 11.7. The molecule has 2 aromatic carbocycles. The third-order valence-corrected chi connectivity index (χ3v) is 4.06. The van der Waals surface area contributed by atoms with Crippen molar-refractivity contribution in [3.8, 4) is 5.75 Å². The molecule has 6 heteroatoms. The van der Waals surface area contributed by atoms with E-state index < -0.39 is 6.10 Å². The lowest BCUT2D eigenvalue weighted by atomic mass is 10.2. The predicted molar refractivity (Wildman–Crippen MR) is 90.0 cm³/mol. The number of likely N-dealkylation sites (N-methyl/N-ethyl adjacent to an activating group) is 1. The van der Waals surface area contributed by atoms with Gasteiger partial charge in [0.05, 0.1) is 18.8 Å². The minimum absolute atomic E-state index is 0.146. The lowest BCUT2D eigenvalue weighted by Gasteiger charge is -2.34. The number of aromatic nitrogens is 1. The number of hydrogen-bond acceptors (Lipinski definition) is 5. The Morgan fingerprint density at radius 3 is 2.88 bits per heavy atom. The molecule has 1 atom stereocenters. The number of oxazole rings is 1. The average molecular weight is 323 g/mol. The number of rotatable bonds is 3. The fourth-order valence-corrected chi connectivity index (χ4v) is 2.91. The molecule has 1 aromatic heterocycles. The standard InChI is InChI=1S/C18H17N3O3/c1-19-18(22)16-10-21(13-7-3-5-9-15(13)23-16)11-17-20-12-6-2-4-8-14(12)24-17/h2-9,16H,10-11H2,1H3,(H,19,22)/t16-/m0/s1. The first kappa shape index (κ1) is 14.6. The quantitative estimate of drug-likeness (QED) is 0.801. The Morgan fingerprint density at radius 1 is 1.25 bits per heavy atom. The second kappa shape index (κ2) is 5.88. The zero-order valence-corrected chi connectivity index (χ0v) is 13.2. The van der Waals surface area contributed by atoms with Gasteiger partial charge in [0, 0.05) is 7.05 Å². The van der Waals surface area contributed by atoms with Gasteiger partial charge in [0.1, 0.15) is 11.3 Å². The molecule has 6 nitrogen and oxygen atoms in total. The van der Waals surface area contributed by atoms with Gasteiger partial charge in [-0.1, -0.05) is 24.3 Å². The summed E-state index contributed by atoms with van der Waals surface area (Å²) in [5, 5.41) is 2.64. The normalized spacial score (nSPS) is 16.5. The van der Waals surface area contributed by atoms with E-state index in [2.05, 4.69) is 15.2 Å². The second-order valence-corrected chi connectivity index (χ2v) is 5.64. The van der Waals surface area contributed by atoms with E-state index in [4.69, 9.17) is 9.15 Å². The van der Waals surface area contributed by atoms with E-state index in [-0.39, 0.29) is 5.91 Å². The molecule has 1 N–H and O–H groups in total. The number of ether oxygens (including phenoxy) is 1. The Labute approximate surface area is 139 Å². The van der Waals surface area contributed by atoms with Gasteiger partial charge < -0.3 is 19.4 Å². The fourth-order valence-electron chi connectivity index (χ4n) is 2.91. The van der Waals surface area contributed by atoms with E-state index >= 15 is 0 Å². The minimum Gasteiger partial charge on any atom is -0.477 e. The second-order valence-electron chi connectivity index (χ2n) is 5.64. The van der Waals surface area contributed by atoms with Crippen LogP contribution in [0.5, 0.6) is 5.75 Å². The van der Waals surface area contributed by atoms with E-state index in [1.54, 1.807) is 7.05 Å². The van der Waals surface area contributed by atoms with E-state index in [1.165, 1.54) is 0 Å². The molecule has 0 saturated heterocycles. The molecule has 0 unspecified atom stereocenters. The highest BCUT2D eigenvalue weighted by Gasteiger charge is 2.30. The van der Waals surface area contributed by atoms with E-state index in [0.29, 0.717) is 24.7 Å². The number of hydrogen-bond donors (Lipinski definition) is 1. The summed E-state index contributed by atoms with van der Waals surface area (Å²) in [4.78, 5) is 18.6. The summed E-state index contributed by atoms with van der Waals surface area (Å²) in [6.07, 6.45) is -0.561. The molecular formula is C18H17N3O3. The van der Waals surface area contributed by atoms with Crippen molar-refractivity contribution in [3.63, 3.8) is 0 Å². The van der Waals surface area contributed by atoms with Crippen molar-refractivity contribution in [1.29, 1.82) is 0 Å². The van der Waals surface area contributed by atoms with Crippen LogP contribution >= 0.6 is 0 Å². The summed E-state index contributed by atoms with van der Waals surface area (Å²) in [5.74, 6) is 1.16. The van der Waals surface area contributed by atoms with Crippen LogP contribution in [0, 0.1) is 0 Å². The number of carbonyl (C=O) groups is 1. The Kier molecular flexibility index (Phi) is 3.57. The fraction of sp³-hybridized carbons (Fsp3) is 0.222. The van der Waals surface area contributed by atoms with Gasteiger partial charge in [-0.15, -0.1) is 0 Å². The first-order valence-electron chi connectivity index (χ1n) is 7.81. The van der Waals surface area contributed by atoms with Crippen molar-refractivity contribution in [3.05, 3.63) is 54.4 Å². The van der Waals surface area contributed by atoms with Gasteiger partial charge in [-0.3, -0.25) is 4.79 Å². The topological polar surface area (TPSA) is 67.6 Å². The highest BCUT2D eigenvalue weighted by Crippen LogP contribution is 2.34. The highest BCUT2D eigenvalue weighted by molar-refractivity contribution is 5.83. The lowest BCUT2D eigenvalue weighted by Crippen LogP contribution is -2.47. The molecule has 4 rings (SSSR count). The van der Waals surface area contributed by atoms with Gasteiger partial charge in [-0.2, -0.15) is 0 Å². The molecule has 0 bridgehead atoms. The number of anilines is 1. The lowest BCUT2D eigenvalue weighted by molar-refractivity contribution is -0.127. The van der Waals surface area contributed by atoms with E-state index in [9.17, 15) is 4.79 Å². The molecular weight excluding hydrogens is 306 g/mol. The summed E-state index contributed by atoms with van der Waals surface area (Å²) >= 11 is 0. The van der Waals surface area contributed by atoms with Gasteiger partial charge in [0.25, 0.3) is 5.91 Å². The predicted octanol–water partition coefficient (Wildman–Crippen LogP) is 2.34. The van der Waals surface area contributed by atoms with Crippen molar-refractivity contribution in [2.45, 2.75) is 12.6 Å². The Balaban J connectivity index is 1.66. The van der Waals surface area contributed by atoms with Crippen LogP contribution in [0.3, 0.4) is 0 Å². The van der Waals surface area contributed by atoms with Crippen molar-refractivity contribution in [2.75, 3.05) is 18.5 Å². The third kappa shape index (κ3) is 2.56. The van der Waals surface area contributed by atoms with Crippen LogP contribution in [0.2, 0.25) is 0 Å². The van der Waals surface area contributed by atoms with Crippen LogP contribution in [-0.2, 0) is 11.3 Å². The van der Waals surface area contributed by atoms with Gasteiger partial charge in [0.15, 0.2) is 11.7 Å². The zero-order chi connectivity index (χ0) is 16.5. The molecule has 1 amide bonds. The smallest absolute Gasteiger partial charge is 0.262 e. The maximum Gasteiger partial charge on any atom is 0.262 e. The van der Waals surface area contributed by atoms with Crippen molar-refractivity contribution in [2.24, 2.45) is 0 Å². The number of benzene rings is 2. The van der Waals surface area contributed by atoms with E-state index in [0.717, 1.165) is 16.8 Å². The number of carbonyl (C=O) groups excluding carboxylic acids is 1. The maximum atomic E-state index is 12.0. The summed E-state index contributed by atoms with van der Waals surface area (Å²) < 4.78 is 11.6. The zero-order valence-electron chi connectivity index (χ0n) is 13.2. The van der Waals surface area contributed by atoms with E-state index in [1.807, 2.05) is 48.5 Å². The largest absolute Gasteiger partial charge is 0.477 e. The van der Waals surface area contributed by atoms with Gasteiger partial charge in [-0.25, -0.2) is 4.98 Å². The van der Waals surface area contributed by atoms with Crippen LogP contribution in [0.4, 0.5) is 5.69 Å². The average Bonchev–Trinajstić information content (AvgIpc) is 3.03. The van der Waals surface area contributed by atoms with Crippen LogP contribution in [0.1, 0.15) is 5.89 Å². The molecule has 3 aromatic rings. The molecule has 0 spiro atoms. The molecule has 2 heterocycles. The summed E-state index contributed by atoms with van der Waals surface area (Å²) in [6, 6.07) is 15.3. The SMILES string of the molecule is CNC(=O)[C@@H]1CN(Cc2nc3ccccc3o2)c2ccccc2O1. The summed E-state index contributed by atoms with van der Waals surface area (Å²) in [7, 11) is 1.61. The summed E-state index contributed by atoms with van der Waals surface area (Å²) in [6.45, 7) is 0.915. The highest BCUT2D eigenvalue weighted by atomic mass is 16.5. The number of nitrogens with zero attached hydrogens (tertiary/aromatic N) is 2. The van der Waals surface area contributed by atoms with Gasteiger partial charge in [0.2, 0.25) is 5.89 Å². The van der Waals surface area contributed by atoms with Crippen molar-refractivity contribution >= 4 is 22.7 Å². The molecule has 0 radical (unpaired) electrons. The number of amides is 1. The van der Waals surface area contributed by atoms with Crippen molar-refractivity contribution in [1.82, 2.24) is 10.3 Å². The molecule has 1 aliphatic heterocycles.